The van der Waals surface area contributed by atoms with Crippen LogP contribution in [0.4, 0.5) is 4.39 Å². The van der Waals surface area contributed by atoms with Gasteiger partial charge >= 0.3 is 0 Å². The lowest BCUT2D eigenvalue weighted by Gasteiger charge is -2.09. The van der Waals surface area contributed by atoms with Gasteiger partial charge in [-0.15, -0.1) is 19.0 Å². The van der Waals surface area contributed by atoms with E-state index in [1.807, 2.05) is 6.92 Å². The first-order chi connectivity index (χ1) is 5.65. The maximum atomic E-state index is 12.8. The summed E-state index contributed by atoms with van der Waals surface area (Å²) in [5.41, 5.74) is 7.47. The van der Waals surface area contributed by atoms with E-state index in [-0.39, 0.29) is 24.3 Å². The molecule has 1 aromatic rings. The number of hydrogen-bond donors (Lipinski definition) is 1. The Hall–Kier alpha value is -0.860. The first-order valence-corrected chi connectivity index (χ1v) is 3.79. The Morgan fingerprint density at radius 2 is 2.15 bits per heavy atom. The molecule has 0 aliphatic carbocycles. The third kappa shape index (κ3) is 2.83. The Bertz CT molecular complexity index is 299. The third-order valence-electron chi connectivity index (χ3n) is 1.85. The summed E-state index contributed by atoms with van der Waals surface area (Å²) in [6.45, 7) is 5.46. The normalized spacial score (nSPS) is 11.6. The summed E-state index contributed by atoms with van der Waals surface area (Å²) in [5, 5.41) is 0. The summed E-state index contributed by atoms with van der Waals surface area (Å²) < 4.78 is 12.8. The molecule has 3 heteroatoms. The van der Waals surface area contributed by atoms with E-state index in [1.54, 1.807) is 12.1 Å². The van der Waals surface area contributed by atoms with Gasteiger partial charge in [0.15, 0.2) is 0 Å². The van der Waals surface area contributed by atoms with Crippen LogP contribution >= 0.6 is 12.4 Å². The van der Waals surface area contributed by atoms with Crippen molar-refractivity contribution in [1.82, 2.24) is 0 Å². The number of nitrogens with two attached hydrogens (primary N) is 1. The summed E-state index contributed by atoms with van der Waals surface area (Å²) in [6, 6.07) is 4.31. The second-order valence-electron chi connectivity index (χ2n) is 2.76. The van der Waals surface area contributed by atoms with Crippen molar-refractivity contribution in [3.63, 3.8) is 0 Å². The molecule has 72 valence electrons. The number of aryl methyl sites for hydroxylation is 1. The SMILES string of the molecule is C=C[C@H](N)c1cc(F)ccc1C.Cl. The number of halogens is 2. The van der Waals surface area contributed by atoms with Crippen LogP contribution in [0, 0.1) is 12.7 Å². The highest BCUT2D eigenvalue weighted by Crippen LogP contribution is 2.17. The smallest absolute Gasteiger partial charge is 0.123 e. The first kappa shape index (κ1) is 12.1. The van der Waals surface area contributed by atoms with Crippen molar-refractivity contribution in [2.75, 3.05) is 0 Å². The van der Waals surface area contributed by atoms with Crippen molar-refractivity contribution in [3.8, 4) is 0 Å². The highest BCUT2D eigenvalue weighted by Gasteiger charge is 2.05. The van der Waals surface area contributed by atoms with Crippen LogP contribution in [-0.2, 0) is 0 Å². The molecular formula is C10H13ClFN. The van der Waals surface area contributed by atoms with Gasteiger partial charge in [-0.05, 0) is 30.2 Å². The van der Waals surface area contributed by atoms with Gasteiger partial charge in [0.25, 0.3) is 0 Å². The van der Waals surface area contributed by atoms with Crippen molar-refractivity contribution >= 4 is 12.4 Å². The highest BCUT2D eigenvalue weighted by molar-refractivity contribution is 5.85. The van der Waals surface area contributed by atoms with Gasteiger partial charge in [-0.25, -0.2) is 4.39 Å². The van der Waals surface area contributed by atoms with Crippen LogP contribution in [0.2, 0.25) is 0 Å². The predicted octanol–water partition coefficient (Wildman–Crippen LogP) is 2.74. The molecule has 1 nitrogen and oxygen atoms in total. The second-order valence-corrected chi connectivity index (χ2v) is 2.76. The maximum Gasteiger partial charge on any atom is 0.123 e. The molecule has 2 N–H and O–H groups in total. The second kappa shape index (κ2) is 5.00. The van der Waals surface area contributed by atoms with E-state index >= 15 is 0 Å². The van der Waals surface area contributed by atoms with Gasteiger partial charge in [0.2, 0.25) is 0 Å². The average Bonchev–Trinajstić information content (AvgIpc) is 2.08. The summed E-state index contributed by atoms with van der Waals surface area (Å²) in [4.78, 5) is 0. The van der Waals surface area contributed by atoms with Crippen LogP contribution in [0.3, 0.4) is 0 Å². The molecular weight excluding hydrogens is 189 g/mol. The quantitative estimate of drug-likeness (QED) is 0.732. The predicted molar refractivity (Wildman–Crippen MR) is 55.5 cm³/mol. The fraction of sp³-hybridized carbons (Fsp3) is 0.200. The van der Waals surface area contributed by atoms with Crippen LogP contribution in [0.25, 0.3) is 0 Å². The van der Waals surface area contributed by atoms with Crippen molar-refractivity contribution < 1.29 is 4.39 Å². The Morgan fingerprint density at radius 1 is 1.54 bits per heavy atom. The van der Waals surface area contributed by atoms with Gasteiger partial charge in [0, 0.05) is 6.04 Å². The van der Waals surface area contributed by atoms with Gasteiger partial charge in [0.1, 0.15) is 5.82 Å². The van der Waals surface area contributed by atoms with E-state index in [4.69, 9.17) is 5.73 Å². The molecule has 0 spiro atoms. The molecule has 0 amide bonds. The minimum absolute atomic E-state index is 0. The van der Waals surface area contributed by atoms with Gasteiger partial charge in [-0.2, -0.15) is 0 Å². The van der Waals surface area contributed by atoms with E-state index in [9.17, 15) is 4.39 Å². The van der Waals surface area contributed by atoms with Crippen molar-refractivity contribution in [1.29, 1.82) is 0 Å². The molecule has 0 bridgehead atoms. The third-order valence-corrected chi connectivity index (χ3v) is 1.85. The molecule has 1 rings (SSSR count). The fourth-order valence-electron chi connectivity index (χ4n) is 1.10. The zero-order valence-electron chi connectivity index (χ0n) is 7.46. The minimum atomic E-state index is -0.277. The zero-order chi connectivity index (χ0) is 9.14. The van der Waals surface area contributed by atoms with Crippen LogP contribution in [0.15, 0.2) is 30.9 Å². The van der Waals surface area contributed by atoms with Crippen LogP contribution < -0.4 is 5.73 Å². The lowest BCUT2D eigenvalue weighted by atomic mass is 10.0. The van der Waals surface area contributed by atoms with E-state index < -0.39 is 0 Å². The molecule has 1 atom stereocenters. The molecule has 0 aromatic heterocycles. The summed E-state index contributed by atoms with van der Waals surface area (Å²) in [5.74, 6) is -0.257. The van der Waals surface area contributed by atoms with Crippen LogP contribution in [-0.4, -0.2) is 0 Å². The Labute approximate surface area is 83.9 Å². The summed E-state index contributed by atoms with van der Waals surface area (Å²) >= 11 is 0. The molecule has 0 radical (unpaired) electrons. The topological polar surface area (TPSA) is 26.0 Å². The van der Waals surface area contributed by atoms with E-state index in [1.165, 1.54) is 12.1 Å². The number of hydrogen-bond acceptors (Lipinski definition) is 1. The van der Waals surface area contributed by atoms with Gasteiger partial charge in [-0.3, -0.25) is 0 Å². The lowest BCUT2D eigenvalue weighted by Crippen LogP contribution is -2.08. The highest BCUT2D eigenvalue weighted by atomic mass is 35.5. The molecule has 0 heterocycles. The van der Waals surface area contributed by atoms with E-state index in [2.05, 4.69) is 6.58 Å². The average molecular weight is 202 g/mol. The molecule has 0 unspecified atom stereocenters. The first-order valence-electron chi connectivity index (χ1n) is 3.79. The van der Waals surface area contributed by atoms with Gasteiger partial charge in [-0.1, -0.05) is 12.1 Å². The number of benzene rings is 1. The molecule has 0 fully saturated rings. The summed E-state index contributed by atoms with van der Waals surface area (Å²) in [6.07, 6.45) is 1.60. The summed E-state index contributed by atoms with van der Waals surface area (Å²) in [7, 11) is 0. The Kier molecular flexibility index (Phi) is 4.67. The van der Waals surface area contributed by atoms with E-state index in [0.717, 1.165) is 11.1 Å². The zero-order valence-corrected chi connectivity index (χ0v) is 8.27. The Balaban J connectivity index is 0.00000144. The Morgan fingerprint density at radius 3 is 2.69 bits per heavy atom. The fourth-order valence-corrected chi connectivity index (χ4v) is 1.10. The van der Waals surface area contributed by atoms with Gasteiger partial charge in [0.05, 0.1) is 0 Å². The van der Waals surface area contributed by atoms with E-state index in [0.29, 0.717) is 0 Å². The largest absolute Gasteiger partial charge is 0.321 e. The lowest BCUT2D eigenvalue weighted by molar-refractivity contribution is 0.623. The molecule has 0 saturated heterocycles. The molecule has 0 aliphatic rings. The molecule has 0 saturated carbocycles. The monoisotopic (exact) mass is 201 g/mol. The molecule has 0 aliphatic heterocycles. The van der Waals surface area contributed by atoms with Crippen LogP contribution in [0.1, 0.15) is 17.2 Å². The van der Waals surface area contributed by atoms with Crippen molar-refractivity contribution in [3.05, 3.63) is 47.8 Å². The molecule has 1 aromatic carbocycles. The van der Waals surface area contributed by atoms with Crippen molar-refractivity contribution in [2.45, 2.75) is 13.0 Å². The number of rotatable bonds is 2. The maximum absolute atomic E-state index is 12.8. The molecule has 13 heavy (non-hydrogen) atoms. The van der Waals surface area contributed by atoms with Crippen molar-refractivity contribution in [2.24, 2.45) is 5.73 Å². The minimum Gasteiger partial charge on any atom is -0.321 e. The standard InChI is InChI=1S/C10H12FN.ClH/c1-3-10(12)9-6-8(11)5-4-7(9)2;/h3-6,10H,1,12H2,2H3;1H/t10-;/m0./s1. The van der Waals surface area contributed by atoms with Gasteiger partial charge < -0.3 is 5.73 Å². The van der Waals surface area contributed by atoms with Crippen LogP contribution in [0.5, 0.6) is 0 Å².